The molecular formula is C20H19NO2S. The zero-order valence-electron chi connectivity index (χ0n) is 13.7. The fourth-order valence-corrected chi connectivity index (χ4v) is 3.60. The Morgan fingerprint density at radius 2 is 1.38 bits per heavy atom. The summed E-state index contributed by atoms with van der Waals surface area (Å²) in [6.07, 6.45) is 0. The molecule has 1 N–H and O–H groups in total. The standard InChI is InChI=1S/C20H19NO2S/c1-15-8-11-18(12-9-15)24(22,23)21-20-14-16(2)10-13-19(20)17-6-4-3-5-7-17/h3-14,21H,1-2H3. The molecule has 0 amide bonds. The largest absolute Gasteiger partial charge is 0.279 e. The van der Waals surface area contributed by atoms with Crippen molar-refractivity contribution in [3.8, 4) is 11.1 Å². The van der Waals surface area contributed by atoms with E-state index >= 15 is 0 Å². The molecule has 0 unspecified atom stereocenters. The van der Waals surface area contributed by atoms with E-state index in [1.54, 1.807) is 24.3 Å². The molecule has 0 aliphatic heterocycles. The van der Waals surface area contributed by atoms with Crippen molar-refractivity contribution >= 4 is 15.7 Å². The molecule has 3 rings (SSSR count). The van der Waals surface area contributed by atoms with E-state index in [9.17, 15) is 8.42 Å². The summed E-state index contributed by atoms with van der Waals surface area (Å²) >= 11 is 0. The highest BCUT2D eigenvalue weighted by Gasteiger charge is 2.16. The topological polar surface area (TPSA) is 46.2 Å². The predicted octanol–water partition coefficient (Wildman–Crippen LogP) is 4.77. The third-order valence-corrected chi connectivity index (χ3v) is 5.22. The second kappa shape index (κ2) is 6.49. The van der Waals surface area contributed by atoms with Gasteiger partial charge in [0.25, 0.3) is 10.0 Å². The molecule has 0 saturated heterocycles. The van der Waals surface area contributed by atoms with Crippen LogP contribution in [0.4, 0.5) is 5.69 Å². The van der Waals surface area contributed by atoms with Crippen molar-refractivity contribution in [1.29, 1.82) is 0 Å². The summed E-state index contributed by atoms with van der Waals surface area (Å²) < 4.78 is 28.1. The number of benzene rings is 3. The zero-order chi connectivity index (χ0) is 17.2. The number of nitrogens with one attached hydrogen (secondary N) is 1. The minimum atomic E-state index is -3.63. The molecule has 0 aromatic heterocycles. The Morgan fingerprint density at radius 1 is 0.750 bits per heavy atom. The van der Waals surface area contributed by atoms with E-state index in [0.29, 0.717) is 5.69 Å². The molecule has 0 saturated carbocycles. The first-order valence-corrected chi connectivity index (χ1v) is 9.19. The third kappa shape index (κ3) is 3.49. The van der Waals surface area contributed by atoms with E-state index in [4.69, 9.17) is 0 Å². The lowest BCUT2D eigenvalue weighted by molar-refractivity contribution is 0.601. The average molecular weight is 337 g/mol. The summed E-state index contributed by atoms with van der Waals surface area (Å²) in [5.74, 6) is 0. The highest BCUT2D eigenvalue weighted by Crippen LogP contribution is 2.30. The van der Waals surface area contributed by atoms with Crippen LogP contribution in [-0.2, 0) is 10.0 Å². The molecule has 0 aliphatic rings. The Labute approximate surface area is 143 Å². The average Bonchev–Trinajstić information content (AvgIpc) is 2.56. The predicted molar refractivity (Wildman–Crippen MR) is 98.6 cm³/mol. The lowest BCUT2D eigenvalue weighted by Crippen LogP contribution is -2.13. The van der Waals surface area contributed by atoms with Gasteiger partial charge in [-0.25, -0.2) is 8.42 Å². The maximum Gasteiger partial charge on any atom is 0.261 e. The second-order valence-corrected chi connectivity index (χ2v) is 7.52. The fourth-order valence-electron chi connectivity index (χ4n) is 2.53. The van der Waals surface area contributed by atoms with Gasteiger partial charge in [-0.2, -0.15) is 0 Å². The molecular weight excluding hydrogens is 318 g/mol. The first-order valence-electron chi connectivity index (χ1n) is 7.71. The van der Waals surface area contributed by atoms with Gasteiger partial charge in [0.15, 0.2) is 0 Å². The van der Waals surface area contributed by atoms with Crippen molar-refractivity contribution in [3.05, 3.63) is 83.9 Å². The van der Waals surface area contributed by atoms with Gasteiger partial charge in [0.2, 0.25) is 0 Å². The number of aryl methyl sites for hydroxylation is 2. The van der Waals surface area contributed by atoms with Crippen LogP contribution in [0.15, 0.2) is 77.7 Å². The number of rotatable bonds is 4. The van der Waals surface area contributed by atoms with Crippen LogP contribution in [0.2, 0.25) is 0 Å². The quantitative estimate of drug-likeness (QED) is 0.745. The van der Waals surface area contributed by atoms with Crippen molar-refractivity contribution in [2.24, 2.45) is 0 Å². The number of hydrogen-bond donors (Lipinski definition) is 1. The van der Waals surface area contributed by atoms with Crippen molar-refractivity contribution in [1.82, 2.24) is 0 Å². The van der Waals surface area contributed by atoms with Crippen LogP contribution in [0, 0.1) is 13.8 Å². The maximum atomic E-state index is 12.7. The lowest BCUT2D eigenvalue weighted by atomic mass is 10.0. The van der Waals surface area contributed by atoms with E-state index in [1.165, 1.54) is 0 Å². The molecule has 0 spiro atoms. The summed E-state index contributed by atoms with van der Waals surface area (Å²) in [5, 5.41) is 0. The molecule has 0 radical (unpaired) electrons. The Bertz CT molecular complexity index is 947. The molecule has 3 aromatic rings. The van der Waals surface area contributed by atoms with Crippen molar-refractivity contribution in [2.45, 2.75) is 18.7 Å². The summed E-state index contributed by atoms with van der Waals surface area (Å²) in [5.41, 5.74) is 4.43. The van der Waals surface area contributed by atoms with Gasteiger partial charge in [0.05, 0.1) is 10.6 Å². The lowest BCUT2D eigenvalue weighted by Gasteiger charge is -2.14. The van der Waals surface area contributed by atoms with Gasteiger partial charge in [-0.1, -0.05) is 60.2 Å². The molecule has 0 bridgehead atoms. The maximum absolute atomic E-state index is 12.7. The van der Waals surface area contributed by atoms with Gasteiger partial charge in [0, 0.05) is 5.56 Å². The minimum absolute atomic E-state index is 0.258. The molecule has 122 valence electrons. The Balaban J connectivity index is 2.03. The molecule has 3 nitrogen and oxygen atoms in total. The minimum Gasteiger partial charge on any atom is -0.279 e. The highest BCUT2D eigenvalue weighted by molar-refractivity contribution is 7.92. The van der Waals surface area contributed by atoms with Gasteiger partial charge in [-0.15, -0.1) is 0 Å². The number of hydrogen-bond acceptors (Lipinski definition) is 2. The van der Waals surface area contributed by atoms with Gasteiger partial charge in [-0.3, -0.25) is 4.72 Å². The van der Waals surface area contributed by atoms with E-state index in [0.717, 1.165) is 22.3 Å². The SMILES string of the molecule is Cc1ccc(S(=O)(=O)Nc2cc(C)ccc2-c2ccccc2)cc1. The van der Waals surface area contributed by atoms with Crippen molar-refractivity contribution in [2.75, 3.05) is 4.72 Å². The van der Waals surface area contributed by atoms with E-state index in [-0.39, 0.29) is 4.90 Å². The second-order valence-electron chi connectivity index (χ2n) is 5.83. The van der Waals surface area contributed by atoms with Crippen molar-refractivity contribution in [3.63, 3.8) is 0 Å². The van der Waals surface area contributed by atoms with Gasteiger partial charge < -0.3 is 0 Å². The normalized spacial score (nSPS) is 11.2. The van der Waals surface area contributed by atoms with Crippen LogP contribution in [0.1, 0.15) is 11.1 Å². The first kappa shape index (κ1) is 16.3. The molecule has 3 aromatic carbocycles. The summed E-state index contributed by atoms with van der Waals surface area (Å²) in [4.78, 5) is 0.258. The van der Waals surface area contributed by atoms with Crippen LogP contribution >= 0.6 is 0 Å². The smallest absolute Gasteiger partial charge is 0.261 e. The molecule has 0 fully saturated rings. The third-order valence-electron chi connectivity index (χ3n) is 3.84. The summed E-state index contributed by atoms with van der Waals surface area (Å²) in [6, 6.07) is 22.4. The van der Waals surface area contributed by atoms with Gasteiger partial charge >= 0.3 is 0 Å². The summed E-state index contributed by atoms with van der Waals surface area (Å²) in [7, 11) is -3.63. The monoisotopic (exact) mass is 337 g/mol. The molecule has 0 atom stereocenters. The molecule has 24 heavy (non-hydrogen) atoms. The first-order chi connectivity index (χ1) is 11.5. The highest BCUT2D eigenvalue weighted by atomic mass is 32.2. The zero-order valence-corrected chi connectivity index (χ0v) is 14.5. The van der Waals surface area contributed by atoms with Crippen LogP contribution < -0.4 is 4.72 Å². The molecule has 0 heterocycles. The van der Waals surface area contributed by atoms with Gasteiger partial charge in [-0.05, 0) is 43.2 Å². The van der Waals surface area contributed by atoms with Crippen LogP contribution in [0.3, 0.4) is 0 Å². The van der Waals surface area contributed by atoms with Crippen molar-refractivity contribution < 1.29 is 8.42 Å². The Kier molecular flexibility index (Phi) is 4.40. The Hall–Kier alpha value is -2.59. The Morgan fingerprint density at radius 3 is 2.04 bits per heavy atom. The number of sulfonamides is 1. The molecule has 4 heteroatoms. The summed E-state index contributed by atoms with van der Waals surface area (Å²) in [6.45, 7) is 3.87. The van der Waals surface area contributed by atoms with Crippen LogP contribution in [0.5, 0.6) is 0 Å². The van der Waals surface area contributed by atoms with E-state index in [2.05, 4.69) is 4.72 Å². The van der Waals surface area contributed by atoms with Gasteiger partial charge in [0.1, 0.15) is 0 Å². The van der Waals surface area contributed by atoms with E-state index in [1.807, 2.05) is 62.4 Å². The fraction of sp³-hybridized carbons (Fsp3) is 0.100. The van der Waals surface area contributed by atoms with E-state index < -0.39 is 10.0 Å². The van der Waals surface area contributed by atoms with Crippen LogP contribution in [0.25, 0.3) is 11.1 Å². The van der Waals surface area contributed by atoms with Crippen LogP contribution in [-0.4, -0.2) is 8.42 Å². The number of anilines is 1. The molecule has 0 aliphatic carbocycles.